The lowest BCUT2D eigenvalue weighted by atomic mass is 10.0. The van der Waals surface area contributed by atoms with Gasteiger partial charge in [-0.2, -0.15) is 0 Å². The molecule has 0 aromatic heterocycles. The number of alkyl halides is 1. The third kappa shape index (κ3) is 4.68. The molecular weight excluding hydrogens is 284 g/mol. The predicted molar refractivity (Wildman–Crippen MR) is 87.5 cm³/mol. The number of rotatable bonds is 6. The Kier molecular flexibility index (Phi) is 5.51. The molecule has 0 aliphatic carbocycles. The topological polar surface area (TPSA) is 18.5 Å². The van der Waals surface area contributed by atoms with E-state index in [9.17, 15) is 0 Å². The molecule has 0 amide bonds. The van der Waals surface area contributed by atoms with Crippen molar-refractivity contribution in [2.45, 2.75) is 31.7 Å². The van der Waals surface area contributed by atoms with Gasteiger partial charge in [0.25, 0.3) is 0 Å². The molecule has 1 atom stereocenters. The van der Waals surface area contributed by atoms with Crippen molar-refractivity contribution in [2.24, 2.45) is 0 Å². The molecule has 0 spiro atoms. The van der Waals surface area contributed by atoms with E-state index >= 15 is 0 Å². The van der Waals surface area contributed by atoms with Gasteiger partial charge in [-0.15, -0.1) is 11.6 Å². The Morgan fingerprint density at radius 2 is 1.71 bits per heavy atom. The summed E-state index contributed by atoms with van der Waals surface area (Å²) < 4.78 is 10.9. The van der Waals surface area contributed by atoms with Crippen LogP contribution >= 0.6 is 11.6 Å². The summed E-state index contributed by atoms with van der Waals surface area (Å²) in [6.07, 6.45) is 0.937. The fraction of sp³-hybridized carbons (Fsp3) is 0.333. The van der Waals surface area contributed by atoms with Crippen molar-refractivity contribution >= 4 is 11.6 Å². The van der Waals surface area contributed by atoms with E-state index in [-0.39, 0.29) is 11.5 Å². The Morgan fingerprint density at radius 3 is 2.33 bits per heavy atom. The first-order chi connectivity index (χ1) is 10.1. The maximum absolute atomic E-state index is 6.54. The molecule has 0 saturated carbocycles. The molecule has 0 saturated heterocycles. The Balaban J connectivity index is 2.06. The fourth-order valence-corrected chi connectivity index (χ4v) is 2.46. The van der Waals surface area contributed by atoms with Crippen molar-refractivity contribution in [1.29, 1.82) is 0 Å². The SMILES string of the molecule is COc1ccc(CC(Cl)c2cccc(OC(C)C)c2)cc1. The Hall–Kier alpha value is -1.67. The van der Waals surface area contributed by atoms with Crippen LogP contribution in [0.4, 0.5) is 0 Å². The van der Waals surface area contributed by atoms with Gasteiger partial charge in [-0.3, -0.25) is 0 Å². The van der Waals surface area contributed by atoms with Crippen LogP contribution in [0.2, 0.25) is 0 Å². The van der Waals surface area contributed by atoms with Crippen molar-refractivity contribution in [2.75, 3.05) is 7.11 Å². The monoisotopic (exact) mass is 304 g/mol. The van der Waals surface area contributed by atoms with Crippen LogP contribution in [0.1, 0.15) is 30.4 Å². The lowest BCUT2D eigenvalue weighted by molar-refractivity contribution is 0.242. The maximum Gasteiger partial charge on any atom is 0.120 e. The van der Waals surface area contributed by atoms with Crippen LogP contribution in [0.25, 0.3) is 0 Å². The van der Waals surface area contributed by atoms with Gasteiger partial charge >= 0.3 is 0 Å². The quantitative estimate of drug-likeness (QED) is 0.699. The second kappa shape index (κ2) is 7.37. The molecular formula is C18H21ClO2. The summed E-state index contributed by atoms with van der Waals surface area (Å²) >= 11 is 6.54. The number of hydrogen-bond acceptors (Lipinski definition) is 2. The zero-order chi connectivity index (χ0) is 15.2. The summed E-state index contributed by atoms with van der Waals surface area (Å²) in [5, 5.41) is -0.0749. The van der Waals surface area contributed by atoms with E-state index in [0.717, 1.165) is 23.5 Å². The Labute approximate surface area is 131 Å². The van der Waals surface area contributed by atoms with Crippen molar-refractivity contribution in [1.82, 2.24) is 0 Å². The minimum atomic E-state index is -0.0749. The van der Waals surface area contributed by atoms with Crippen LogP contribution in [-0.2, 0) is 6.42 Å². The van der Waals surface area contributed by atoms with Crippen molar-refractivity contribution in [3.63, 3.8) is 0 Å². The number of benzene rings is 2. The molecule has 0 aliphatic rings. The van der Waals surface area contributed by atoms with Crippen molar-refractivity contribution in [3.8, 4) is 11.5 Å². The highest BCUT2D eigenvalue weighted by atomic mass is 35.5. The second-order valence-corrected chi connectivity index (χ2v) is 5.79. The maximum atomic E-state index is 6.54. The summed E-state index contributed by atoms with van der Waals surface area (Å²) in [6.45, 7) is 4.03. The molecule has 0 radical (unpaired) electrons. The lowest BCUT2D eigenvalue weighted by Crippen LogP contribution is -2.06. The molecule has 0 aliphatic heterocycles. The van der Waals surface area contributed by atoms with Crippen LogP contribution in [-0.4, -0.2) is 13.2 Å². The second-order valence-electron chi connectivity index (χ2n) is 5.26. The zero-order valence-corrected chi connectivity index (χ0v) is 13.4. The van der Waals surface area contributed by atoms with Crippen LogP contribution in [0.5, 0.6) is 11.5 Å². The highest BCUT2D eigenvalue weighted by Gasteiger charge is 2.10. The zero-order valence-electron chi connectivity index (χ0n) is 12.7. The smallest absolute Gasteiger partial charge is 0.120 e. The highest BCUT2D eigenvalue weighted by Crippen LogP contribution is 2.28. The Bertz CT molecular complexity index is 564. The van der Waals surface area contributed by atoms with Gasteiger partial charge in [-0.05, 0) is 55.7 Å². The van der Waals surface area contributed by atoms with E-state index in [4.69, 9.17) is 21.1 Å². The molecule has 0 N–H and O–H groups in total. The highest BCUT2D eigenvalue weighted by molar-refractivity contribution is 6.20. The van der Waals surface area contributed by atoms with E-state index in [1.54, 1.807) is 7.11 Å². The van der Waals surface area contributed by atoms with Gasteiger partial charge in [0.1, 0.15) is 11.5 Å². The number of methoxy groups -OCH3 is 1. The van der Waals surface area contributed by atoms with Gasteiger partial charge in [0.05, 0.1) is 18.6 Å². The number of hydrogen-bond donors (Lipinski definition) is 0. The minimum absolute atomic E-state index is 0.0749. The van der Waals surface area contributed by atoms with E-state index in [1.807, 2.05) is 62.4 Å². The van der Waals surface area contributed by atoms with Crippen LogP contribution < -0.4 is 9.47 Å². The van der Waals surface area contributed by atoms with Crippen LogP contribution in [0.15, 0.2) is 48.5 Å². The van der Waals surface area contributed by atoms with Gasteiger partial charge in [-0.25, -0.2) is 0 Å². The van der Waals surface area contributed by atoms with E-state index in [0.29, 0.717) is 0 Å². The first kappa shape index (κ1) is 15.7. The summed E-state index contributed by atoms with van der Waals surface area (Å²) in [6, 6.07) is 16.0. The first-order valence-corrected chi connectivity index (χ1v) is 7.55. The molecule has 0 fully saturated rings. The molecule has 1 unspecified atom stereocenters. The average molecular weight is 305 g/mol. The molecule has 2 rings (SSSR count). The third-order valence-corrected chi connectivity index (χ3v) is 3.57. The normalized spacial score (nSPS) is 12.2. The van der Waals surface area contributed by atoms with Gasteiger partial charge < -0.3 is 9.47 Å². The molecule has 0 bridgehead atoms. The van der Waals surface area contributed by atoms with Gasteiger partial charge in [-0.1, -0.05) is 24.3 Å². The molecule has 112 valence electrons. The molecule has 2 nitrogen and oxygen atoms in total. The third-order valence-electron chi connectivity index (χ3n) is 3.17. The molecule has 0 heterocycles. The lowest BCUT2D eigenvalue weighted by Gasteiger charge is -2.14. The predicted octanol–water partition coefficient (Wildman–Crippen LogP) is 5.01. The summed E-state index contributed by atoms with van der Waals surface area (Å²) in [7, 11) is 1.67. The van der Waals surface area contributed by atoms with Crippen LogP contribution in [0.3, 0.4) is 0 Å². The minimum Gasteiger partial charge on any atom is -0.497 e. The van der Waals surface area contributed by atoms with E-state index in [1.165, 1.54) is 5.56 Å². The van der Waals surface area contributed by atoms with Crippen molar-refractivity contribution in [3.05, 3.63) is 59.7 Å². The van der Waals surface area contributed by atoms with Gasteiger partial charge in [0.2, 0.25) is 0 Å². The van der Waals surface area contributed by atoms with Crippen LogP contribution in [0, 0.1) is 0 Å². The molecule has 2 aromatic rings. The van der Waals surface area contributed by atoms with Gasteiger partial charge in [0.15, 0.2) is 0 Å². The first-order valence-electron chi connectivity index (χ1n) is 7.12. The number of ether oxygens (including phenoxy) is 2. The van der Waals surface area contributed by atoms with E-state index < -0.39 is 0 Å². The molecule has 3 heteroatoms. The summed E-state index contributed by atoms with van der Waals surface area (Å²) in [4.78, 5) is 0. The average Bonchev–Trinajstić information content (AvgIpc) is 2.47. The summed E-state index contributed by atoms with van der Waals surface area (Å²) in [5.41, 5.74) is 2.26. The number of halogens is 1. The molecule has 21 heavy (non-hydrogen) atoms. The molecule has 2 aromatic carbocycles. The van der Waals surface area contributed by atoms with Gasteiger partial charge in [0, 0.05) is 0 Å². The largest absolute Gasteiger partial charge is 0.497 e. The Morgan fingerprint density at radius 1 is 1.00 bits per heavy atom. The standard InChI is InChI=1S/C18H21ClO2/c1-13(2)21-17-6-4-5-15(12-17)18(19)11-14-7-9-16(20-3)10-8-14/h4-10,12-13,18H,11H2,1-3H3. The fourth-order valence-electron chi connectivity index (χ4n) is 2.14. The van der Waals surface area contributed by atoms with E-state index in [2.05, 4.69) is 0 Å². The summed E-state index contributed by atoms with van der Waals surface area (Å²) in [5.74, 6) is 1.72. The van der Waals surface area contributed by atoms with Crippen molar-refractivity contribution < 1.29 is 9.47 Å².